The van der Waals surface area contributed by atoms with Crippen LogP contribution in [0, 0.1) is 5.82 Å². The van der Waals surface area contributed by atoms with Gasteiger partial charge in [0, 0.05) is 13.2 Å². The summed E-state index contributed by atoms with van der Waals surface area (Å²) in [6, 6.07) is 14.9. The maximum Gasteiger partial charge on any atom is 0.270 e. The van der Waals surface area contributed by atoms with Crippen LogP contribution in [0.25, 0.3) is 17.1 Å². The molecule has 1 N–H and O–H groups in total. The molecule has 0 radical (unpaired) electrons. The van der Waals surface area contributed by atoms with Gasteiger partial charge in [0.2, 0.25) is 0 Å². The molecule has 7 heteroatoms. The minimum Gasteiger partial charge on any atom is -0.467 e. The minimum absolute atomic E-state index is 0.264. The van der Waals surface area contributed by atoms with Crippen LogP contribution in [-0.4, -0.2) is 20.3 Å². The smallest absolute Gasteiger partial charge is 0.270 e. The zero-order chi connectivity index (χ0) is 18.8. The van der Waals surface area contributed by atoms with Gasteiger partial charge in [-0.05, 0) is 54.6 Å². The van der Waals surface area contributed by atoms with Gasteiger partial charge in [0.25, 0.3) is 5.91 Å². The van der Waals surface area contributed by atoms with Gasteiger partial charge in [0.05, 0.1) is 24.2 Å². The van der Waals surface area contributed by atoms with E-state index in [1.165, 1.54) is 16.8 Å². The summed E-state index contributed by atoms with van der Waals surface area (Å²) in [6.45, 7) is 0.264. The van der Waals surface area contributed by atoms with Crippen molar-refractivity contribution in [2.75, 3.05) is 0 Å². The molecule has 3 heterocycles. The average molecular weight is 364 g/mol. The largest absolute Gasteiger partial charge is 0.467 e. The number of carbonyl (C=O) groups is 1. The third-order valence-corrected chi connectivity index (χ3v) is 4.22. The molecular weight excluding hydrogens is 347 g/mol. The second kappa shape index (κ2) is 6.95. The van der Waals surface area contributed by atoms with E-state index < -0.39 is 0 Å². The van der Waals surface area contributed by atoms with Crippen molar-refractivity contribution in [2.45, 2.75) is 6.54 Å². The Morgan fingerprint density at radius 3 is 2.67 bits per heavy atom. The summed E-state index contributed by atoms with van der Waals surface area (Å²) in [6.07, 6.45) is 3.46. The lowest BCUT2D eigenvalue weighted by Crippen LogP contribution is -2.25. The standard InChI is InChI=1S/C20H17FN4O2/c1-24-10-2-5-18(24)17-12-19(20(26)22-13-16-4-3-11-27-16)25(23-17)15-8-6-14(21)7-9-15/h2-12H,13H2,1H3,(H,22,26). The maximum atomic E-state index is 13.3. The third-order valence-electron chi connectivity index (χ3n) is 4.22. The zero-order valence-corrected chi connectivity index (χ0v) is 14.6. The van der Waals surface area contributed by atoms with Gasteiger partial charge in [-0.15, -0.1) is 0 Å². The molecule has 6 nitrogen and oxygen atoms in total. The summed E-state index contributed by atoms with van der Waals surface area (Å²) in [7, 11) is 1.91. The highest BCUT2D eigenvalue weighted by molar-refractivity contribution is 5.94. The molecule has 0 aliphatic carbocycles. The first kappa shape index (κ1) is 16.8. The van der Waals surface area contributed by atoms with E-state index in [0.717, 1.165) is 5.69 Å². The number of hydrogen-bond acceptors (Lipinski definition) is 3. The molecule has 1 amide bonds. The minimum atomic E-state index is -0.350. The number of furan rings is 1. The number of hydrogen-bond donors (Lipinski definition) is 1. The summed E-state index contributed by atoms with van der Waals surface area (Å²) >= 11 is 0. The van der Waals surface area contributed by atoms with Crippen molar-refractivity contribution in [1.82, 2.24) is 19.7 Å². The fourth-order valence-corrected chi connectivity index (χ4v) is 2.85. The Labute approximate surface area is 154 Å². The highest BCUT2D eigenvalue weighted by Crippen LogP contribution is 2.22. The lowest BCUT2D eigenvalue weighted by atomic mass is 10.2. The number of amides is 1. The van der Waals surface area contributed by atoms with Gasteiger partial charge in [-0.2, -0.15) is 5.10 Å². The van der Waals surface area contributed by atoms with Crippen molar-refractivity contribution in [2.24, 2.45) is 7.05 Å². The molecule has 0 aliphatic heterocycles. The second-order valence-electron chi connectivity index (χ2n) is 6.07. The molecule has 0 saturated heterocycles. The maximum absolute atomic E-state index is 13.3. The van der Waals surface area contributed by atoms with Crippen LogP contribution < -0.4 is 5.32 Å². The molecule has 0 aliphatic rings. The van der Waals surface area contributed by atoms with Crippen LogP contribution in [0.4, 0.5) is 4.39 Å². The lowest BCUT2D eigenvalue weighted by Gasteiger charge is -2.07. The van der Waals surface area contributed by atoms with Crippen molar-refractivity contribution >= 4 is 5.91 Å². The third kappa shape index (κ3) is 3.39. The molecule has 3 aromatic heterocycles. The average Bonchev–Trinajstić information content (AvgIpc) is 3.40. The van der Waals surface area contributed by atoms with E-state index >= 15 is 0 Å². The Balaban J connectivity index is 1.71. The Hall–Kier alpha value is -3.61. The highest BCUT2D eigenvalue weighted by Gasteiger charge is 2.19. The van der Waals surface area contributed by atoms with Crippen molar-refractivity contribution in [1.29, 1.82) is 0 Å². The first-order valence-corrected chi connectivity index (χ1v) is 8.40. The van der Waals surface area contributed by atoms with Gasteiger partial charge in [-0.1, -0.05) is 0 Å². The molecule has 1 aromatic carbocycles. The quantitative estimate of drug-likeness (QED) is 0.589. The van der Waals surface area contributed by atoms with Crippen molar-refractivity contribution in [3.63, 3.8) is 0 Å². The van der Waals surface area contributed by atoms with Crippen molar-refractivity contribution < 1.29 is 13.6 Å². The fourth-order valence-electron chi connectivity index (χ4n) is 2.85. The molecule has 27 heavy (non-hydrogen) atoms. The fraction of sp³-hybridized carbons (Fsp3) is 0.100. The van der Waals surface area contributed by atoms with E-state index in [4.69, 9.17) is 4.42 Å². The van der Waals surface area contributed by atoms with Gasteiger partial charge in [0.1, 0.15) is 23.0 Å². The Morgan fingerprint density at radius 2 is 2.00 bits per heavy atom. The Bertz CT molecular complexity index is 1060. The molecule has 0 atom stereocenters. The van der Waals surface area contributed by atoms with Crippen LogP contribution in [-0.2, 0) is 13.6 Å². The predicted octanol–water partition coefficient (Wildman–Crippen LogP) is 3.54. The van der Waals surface area contributed by atoms with Gasteiger partial charge in [-0.25, -0.2) is 9.07 Å². The normalized spacial score (nSPS) is 10.9. The number of nitrogens with zero attached hydrogens (tertiary/aromatic N) is 3. The van der Waals surface area contributed by atoms with Crippen LogP contribution in [0.1, 0.15) is 16.2 Å². The number of halogens is 1. The molecule has 0 spiro atoms. The van der Waals surface area contributed by atoms with E-state index in [1.54, 1.807) is 36.6 Å². The first-order valence-electron chi connectivity index (χ1n) is 8.40. The van der Waals surface area contributed by atoms with Crippen LogP contribution >= 0.6 is 0 Å². The number of aryl methyl sites for hydroxylation is 1. The highest BCUT2D eigenvalue weighted by atomic mass is 19.1. The van der Waals surface area contributed by atoms with Crippen molar-refractivity contribution in [3.8, 4) is 17.1 Å². The number of aromatic nitrogens is 3. The molecule has 136 valence electrons. The molecule has 0 fully saturated rings. The van der Waals surface area contributed by atoms with Crippen LogP contribution in [0.2, 0.25) is 0 Å². The molecular formula is C20H17FN4O2. The van der Waals surface area contributed by atoms with E-state index in [1.807, 2.05) is 29.9 Å². The first-order chi connectivity index (χ1) is 13.1. The van der Waals surface area contributed by atoms with Gasteiger partial charge in [-0.3, -0.25) is 4.79 Å². The summed E-state index contributed by atoms with van der Waals surface area (Å²) in [5, 5.41) is 7.39. The number of benzene rings is 1. The molecule has 0 unspecified atom stereocenters. The lowest BCUT2D eigenvalue weighted by molar-refractivity contribution is 0.0940. The topological polar surface area (TPSA) is 65.0 Å². The summed E-state index contributed by atoms with van der Waals surface area (Å²) in [5.41, 5.74) is 2.47. The number of rotatable bonds is 5. The molecule has 0 bridgehead atoms. The van der Waals surface area contributed by atoms with Gasteiger partial charge < -0.3 is 14.3 Å². The van der Waals surface area contributed by atoms with E-state index in [-0.39, 0.29) is 18.3 Å². The number of carbonyl (C=O) groups excluding carboxylic acids is 1. The van der Waals surface area contributed by atoms with Gasteiger partial charge >= 0.3 is 0 Å². The summed E-state index contributed by atoms with van der Waals surface area (Å²) in [4.78, 5) is 12.8. The van der Waals surface area contributed by atoms with Gasteiger partial charge in [0.15, 0.2) is 0 Å². The summed E-state index contributed by atoms with van der Waals surface area (Å²) in [5.74, 6) is -0.0000697. The second-order valence-corrected chi connectivity index (χ2v) is 6.07. The van der Waals surface area contributed by atoms with E-state index in [0.29, 0.717) is 22.8 Å². The molecule has 4 aromatic rings. The van der Waals surface area contributed by atoms with E-state index in [9.17, 15) is 9.18 Å². The number of nitrogens with one attached hydrogen (secondary N) is 1. The molecule has 0 saturated carbocycles. The molecule has 4 rings (SSSR count). The monoisotopic (exact) mass is 364 g/mol. The van der Waals surface area contributed by atoms with E-state index in [2.05, 4.69) is 10.4 Å². The zero-order valence-electron chi connectivity index (χ0n) is 14.6. The Kier molecular flexibility index (Phi) is 4.33. The van der Waals surface area contributed by atoms with Crippen molar-refractivity contribution in [3.05, 3.63) is 84.3 Å². The predicted molar refractivity (Wildman–Crippen MR) is 97.8 cm³/mol. The van der Waals surface area contributed by atoms with Crippen LogP contribution in [0.15, 0.2) is 71.5 Å². The SMILES string of the molecule is Cn1cccc1-c1cc(C(=O)NCc2ccco2)n(-c2ccc(F)cc2)n1. The van der Waals surface area contributed by atoms with Crippen LogP contribution in [0.3, 0.4) is 0 Å². The van der Waals surface area contributed by atoms with Crippen LogP contribution in [0.5, 0.6) is 0 Å². The Morgan fingerprint density at radius 1 is 1.19 bits per heavy atom. The summed E-state index contributed by atoms with van der Waals surface area (Å²) < 4.78 is 22.0.